The number of alkyl halides is 2. The maximum Gasteiger partial charge on any atom is 0.284 e. The van der Waals surface area contributed by atoms with Gasteiger partial charge in [-0.1, -0.05) is 6.07 Å². The summed E-state index contributed by atoms with van der Waals surface area (Å²) in [5.74, 6) is -1.51. The van der Waals surface area contributed by atoms with Crippen LogP contribution in [0.15, 0.2) is 42.9 Å². The van der Waals surface area contributed by atoms with Crippen molar-refractivity contribution in [2.24, 2.45) is 5.92 Å². The third-order valence-electron chi connectivity index (χ3n) is 14.0. The smallest absolute Gasteiger partial charge is 0.284 e. The first-order valence-electron chi connectivity index (χ1n) is 22.8. The number of likely N-dealkylation sites (tertiary alicyclic amines) is 1. The molecule has 1 aromatic carbocycles. The number of nitrogens with zero attached hydrogens (tertiary/aromatic N) is 8. The van der Waals surface area contributed by atoms with Gasteiger partial charge in [0.1, 0.15) is 17.4 Å². The molecule has 65 heavy (non-hydrogen) atoms. The van der Waals surface area contributed by atoms with Gasteiger partial charge >= 0.3 is 0 Å². The van der Waals surface area contributed by atoms with Crippen molar-refractivity contribution in [1.82, 2.24) is 39.5 Å². The standard InChI is InChI=1S/C45H53F2N11O7/c1-25(11-15-48-33-4-2-3-31-38(33)45(63)58(44(31)62)35-9-10-37(59)52-43(35)61)65-29-12-16-54(17-13-29)21-26-5-7-27(8-6-26)57-23-34(39(53-57)40(46)47)50-42(60)32-20-49-56-18-14-36(51-41(32)56)55-22-30-19-28(55)24-64-30/h2-4,14,18,20,23,25-30,35,40,48H,5-13,15-17,19,21-22,24H2,1H3,(H,50,60)(H,52,59,61)/t25-,26-,27-,28-,30-,35?/m1/s1. The molecule has 1 saturated carbocycles. The Labute approximate surface area is 373 Å². The molecule has 4 atom stereocenters. The Hall–Kier alpha value is -5.86. The van der Waals surface area contributed by atoms with E-state index in [0.29, 0.717) is 36.8 Å². The average molecular weight is 898 g/mol. The molecule has 1 aliphatic carbocycles. The van der Waals surface area contributed by atoms with Crippen LogP contribution < -0.4 is 20.9 Å². The Bertz CT molecular complexity index is 2500. The van der Waals surface area contributed by atoms with E-state index < -0.39 is 47.7 Å². The van der Waals surface area contributed by atoms with Gasteiger partial charge in [-0.3, -0.25) is 38.9 Å². The minimum Gasteiger partial charge on any atom is -0.384 e. The summed E-state index contributed by atoms with van der Waals surface area (Å²) in [6, 6.07) is 6.06. The number of aromatic nitrogens is 5. The fraction of sp³-hybridized carbons (Fsp3) is 0.556. The number of morpholine rings is 1. The number of anilines is 3. The number of imide groups is 2. The highest BCUT2D eigenvalue weighted by atomic mass is 19.3. The Morgan fingerprint density at radius 3 is 2.55 bits per heavy atom. The molecule has 20 heteroatoms. The molecule has 0 spiro atoms. The molecule has 10 rings (SSSR count). The first-order valence-corrected chi connectivity index (χ1v) is 22.8. The second-order valence-electron chi connectivity index (χ2n) is 18.3. The first kappa shape index (κ1) is 43.1. The van der Waals surface area contributed by atoms with Crippen molar-refractivity contribution in [2.45, 2.75) is 114 Å². The molecular formula is C45H53F2N11O7. The summed E-state index contributed by atoms with van der Waals surface area (Å²) in [6.45, 7) is 6.72. The van der Waals surface area contributed by atoms with Gasteiger partial charge in [0, 0.05) is 57.2 Å². The van der Waals surface area contributed by atoms with E-state index in [4.69, 9.17) is 14.5 Å². The van der Waals surface area contributed by atoms with E-state index in [1.807, 2.05) is 13.0 Å². The quantitative estimate of drug-likeness (QED) is 0.149. The second kappa shape index (κ2) is 17.8. The van der Waals surface area contributed by atoms with E-state index in [2.05, 4.69) is 35.9 Å². The lowest BCUT2D eigenvalue weighted by Gasteiger charge is -2.37. The zero-order valence-corrected chi connectivity index (χ0v) is 36.2. The number of amides is 5. The van der Waals surface area contributed by atoms with Crippen molar-refractivity contribution in [3.05, 3.63) is 65.2 Å². The number of hydrogen-bond donors (Lipinski definition) is 3. The first-order chi connectivity index (χ1) is 31.5. The third kappa shape index (κ3) is 8.58. The lowest BCUT2D eigenvalue weighted by Crippen LogP contribution is -2.54. The molecule has 344 valence electrons. The highest BCUT2D eigenvalue weighted by Gasteiger charge is 2.46. The number of carbonyl (C=O) groups excluding carboxylic acids is 5. The third-order valence-corrected chi connectivity index (χ3v) is 14.0. The Kier molecular flexibility index (Phi) is 11.8. The van der Waals surface area contributed by atoms with Crippen LogP contribution in [-0.2, 0) is 19.1 Å². The van der Waals surface area contributed by atoms with Crippen molar-refractivity contribution in [3.8, 4) is 0 Å². The van der Waals surface area contributed by atoms with E-state index in [-0.39, 0.29) is 65.6 Å². The van der Waals surface area contributed by atoms with Crippen molar-refractivity contribution in [1.29, 1.82) is 0 Å². The number of benzene rings is 1. The Morgan fingerprint density at radius 1 is 1.00 bits per heavy atom. The van der Waals surface area contributed by atoms with E-state index in [0.717, 1.165) is 81.8 Å². The van der Waals surface area contributed by atoms with Crippen molar-refractivity contribution < 1.29 is 42.2 Å². The molecule has 0 radical (unpaired) electrons. The van der Waals surface area contributed by atoms with Crippen LogP contribution in [0.1, 0.15) is 120 Å². The van der Waals surface area contributed by atoms with Gasteiger partial charge < -0.3 is 29.9 Å². The number of fused-ring (bicyclic) bond motifs is 4. The minimum absolute atomic E-state index is 0.0130. The highest BCUT2D eigenvalue weighted by Crippen LogP contribution is 2.37. The van der Waals surface area contributed by atoms with E-state index in [1.54, 1.807) is 29.1 Å². The van der Waals surface area contributed by atoms with Gasteiger partial charge in [0.2, 0.25) is 11.8 Å². The van der Waals surface area contributed by atoms with Crippen molar-refractivity contribution in [3.63, 3.8) is 0 Å². The van der Waals surface area contributed by atoms with Gasteiger partial charge in [-0.05, 0) is 88.8 Å². The zero-order chi connectivity index (χ0) is 44.9. The van der Waals surface area contributed by atoms with Crippen LogP contribution in [0.2, 0.25) is 0 Å². The number of nitrogens with one attached hydrogen (secondary N) is 3. The van der Waals surface area contributed by atoms with Crippen LogP contribution >= 0.6 is 0 Å². The largest absolute Gasteiger partial charge is 0.384 e. The van der Waals surface area contributed by atoms with Crippen LogP contribution in [0.3, 0.4) is 0 Å². The lowest BCUT2D eigenvalue weighted by molar-refractivity contribution is -0.136. The predicted molar refractivity (Wildman–Crippen MR) is 231 cm³/mol. The average Bonchev–Trinajstić information content (AvgIpc) is 4.15. The van der Waals surface area contributed by atoms with Gasteiger partial charge in [0.05, 0.1) is 60.0 Å². The van der Waals surface area contributed by atoms with E-state index >= 15 is 0 Å². The normalized spacial score (nSPS) is 25.5. The van der Waals surface area contributed by atoms with Crippen molar-refractivity contribution >= 4 is 52.4 Å². The molecule has 3 aromatic heterocycles. The summed E-state index contributed by atoms with van der Waals surface area (Å²) in [5, 5.41) is 16.8. The number of hydrogen-bond acceptors (Lipinski definition) is 13. The van der Waals surface area contributed by atoms with E-state index in [9.17, 15) is 32.8 Å². The van der Waals surface area contributed by atoms with Gasteiger partial charge in [0.25, 0.3) is 24.1 Å². The molecule has 4 aromatic rings. The number of carbonyl (C=O) groups is 5. The van der Waals surface area contributed by atoms with Gasteiger partial charge in [-0.25, -0.2) is 18.3 Å². The van der Waals surface area contributed by atoms with Gasteiger partial charge in [0.15, 0.2) is 11.3 Å². The highest BCUT2D eigenvalue weighted by molar-refractivity contribution is 6.25. The van der Waals surface area contributed by atoms with Crippen LogP contribution in [0.5, 0.6) is 0 Å². The fourth-order valence-electron chi connectivity index (χ4n) is 10.6. The molecule has 5 amide bonds. The van der Waals surface area contributed by atoms with Gasteiger partial charge in [-0.2, -0.15) is 10.2 Å². The summed E-state index contributed by atoms with van der Waals surface area (Å²) in [4.78, 5) is 74.7. The monoisotopic (exact) mass is 897 g/mol. The Balaban J connectivity index is 0.666. The van der Waals surface area contributed by atoms with Gasteiger partial charge in [-0.15, -0.1) is 0 Å². The summed E-state index contributed by atoms with van der Waals surface area (Å²) in [5.41, 5.74) is 1.06. The van der Waals surface area contributed by atoms with Crippen LogP contribution in [0.25, 0.3) is 5.65 Å². The second-order valence-corrected chi connectivity index (χ2v) is 18.3. The molecule has 2 bridgehead atoms. The zero-order valence-electron chi connectivity index (χ0n) is 36.2. The maximum atomic E-state index is 14.3. The summed E-state index contributed by atoms with van der Waals surface area (Å²) < 4.78 is 43.9. The molecule has 4 saturated heterocycles. The van der Waals surface area contributed by atoms with E-state index in [1.165, 1.54) is 16.9 Å². The molecule has 5 fully saturated rings. The SMILES string of the molecule is C[C@H](CCNc1cccc2c1C(=O)N(C1CCC(=O)NC1=O)C2=O)OC1CCN(C[C@H]2CC[C@H](n3cc(NC(=O)c4cnn5ccc(N6C[C@H]7C[C@@H]6CO7)nc45)c(C(F)F)n3)CC2)CC1. The summed E-state index contributed by atoms with van der Waals surface area (Å²) in [7, 11) is 0. The fourth-order valence-corrected chi connectivity index (χ4v) is 10.6. The van der Waals surface area contributed by atoms with Crippen LogP contribution in [0, 0.1) is 5.92 Å². The molecule has 5 aliphatic heterocycles. The topological polar surface area (TPSA) is 198 Å². The summed E-state index contributed by atoms with van der Waals surface area (Å²) in [6.07, 6.45) is 9.14. The molecule has 6 aliphatic rings. The molecule has 18 nitrogen and oxygen atoms in total. The summed E-state index contributed by atoms with van der Waals surface area (Å²) >= 11 is 0. The molecular weight excluding hydrogens is 845 g/mol. The van der Waals surface area contributed by atoms with Crippen molar-refractivity contribution in [2.75, 3.05) is 54.9 Å². The Morgan fingerprint density at radius 2 is 1.82 bits per heavy atom. The number of halogens is 2. The molecule has 3 N–H and O–H groups in total. The predicted octanol–water partition coefficient (Wildman–Crippen LogP) is 4.60. The molecule has 1 unspecified atom stereocenters. The lowest BCUT2D eigenvalue weighted by atomic mass is 9.85. The number of rotatable bonds is 14. The maximum absolute atomic E-state index is 14.3. The minimum atomic E-state index is -2.87. The van der Waals surface area contributed by atoms with Crippen LogP contribution in [0.4, 0.5) is 26.0 Å². The molecule has 8 heterocycles. The van der Waals surface area contributed by atoms with Crippen LogP contribution in [-0.4, -0.2) is 133 Å². The number of ether oxygens (including phenoxy) is 2. The number of piperidine rings is 2.